The smallest absolute Gasteiger partial charge is 0.410 e. The lowest BCUT2D eigenvalue weighted by molar-refractivity contribution is 0.200. The summed E-state index contributed by atoms with van der Waals surface area (Å²) in [5, 5.41) is 8.53. The lowest BCUT2D eigenvalue weighted by atomic mass is 10.2. The van der Waals surface area contributed by atoms with Crippen LogP contribution in [0.2, 0.25) is 0 Å². The maximum absolute atomic E-state index is 11.5. The normalized spacial score (nSPS) is 10.2. The van der Waals surface area contributed by atoms with E-state index in [1.54, 1.807) is 12.1 Å². The number of nitrogens with one attached hydrogen (secondary N) is 1. The van der Waals surface area contributed by atoms with Crippen LogP contribution in [0.15, 0.2) is 29.6 Å². The molecule has 19 heavy (non-hydrogen) atoms. The highest BCUT2D eigenvalue weighted by Gasteiger charge is 2.06. The minimum atomic E-state index is -0.429. The molecule has 0 bridgehead atoms. The Morgan fingerprint density at radius 1 is 1.47 bits per heavy atom. The van der Waals surface area contributed by atoms with Crippen LogP contribution in [-0.2, 0) is 0 Å². The van der Waals surface area contributed by atoms with Crippen molar-refractivity contribution in [3.8, 4) is 17.0 Å². The molecule has 6 heteroatoms. The van der Waals surface area contributed by atoms with Gasteiger partial charge in [-0.1, -0.05) is 30.0 Å². The molecule has 1 aromatic carbocycles. The van der Waals surface area contributed by atoms with Gasteiger partial charge in [0.1, 0.15) is 11.4 Å². The van der Waals surface area contributed by atoms with Crippen molar-refractivity contribution in [3.05, 3.63) is 29.6 Å². The largest absolute Gasteiger partial charge is 0.412 e. The summed E-state index contributed by atoms with van der Waals surface area (Å²) >= 11 is 1.29. The van der Waals surface area contributed by atoms with Gasteiger partial charge in [0, 0.05) is 17.5 Å². The summed E-state index contributed by atoms with van der Waals surface area (Å²) in [6.45, 7) is 2.70. The minimum Gasteiger partial charge on any atom is -0.410 e. The highest BCUT2D eigenvalue weighted by atomic mass is 32.1. The van der Waals surface area contributed by atoms with Gasteiger partial charge in [-0.15, -0.1) is 5.10 Å². The Labute approximate surface area is 115 Å². The van der Waals surface area contributed by atoms with Gasteiger partial charge in [-0.3, -0.25) is 0 Å². The molecule has 0 spiro atoms. The molecular weight excluding hydrogens is 262 g/mol. The molecule has 2 aromatic rings. The maximum Gasteiger partial charge on any atom is 0.412 e. The molecule has 0 saturated heterocycles. The molecule has 0 unspecified atom stereocenters. The molecule has 1 heterocycles. The van der Waals surface area contributed by atoms with Crippen LogP contribution in [0.5, 0.6) is 5.75 Å². The van der Waals surface area contributed by atoms with Crippen molar-refractivity contribution in [2.24, 2.45) is 0 Å². The van der Waals surface area contributed by atoms with E-state index in [2.05, 4.69) is 21.8 Å². The molecule has 0 aliphatic rings. The molecule has 100 valence electrons. The fraction of sp³-hybridized carbons (Fsp3) is 0.308. The van der Waals surface area contributed by atoms with E-state index in [0.29, 0.717) is 12.3 Å². The zero-order valence-corrected chi connectivity index (χ0v) is 11.4. The topological polar surface area (TPSA) is 64.1 Å². The Kier molecular flexibility index (Phi) is 4.85. The van der Waals surface area contributed by atoms with Crippen molar-refractivity contribution >= 4 is 17.6 Å². The van der Waals surface area contributed by atoms with E-state index in [1.807, 2.05) is 17.5 Å². The van der Waals surface area contributed by atoms with Gasteiger partial charge in [0.2, 0.25) is 0 Å². The molecule has 0 fully saturated rings. The first-order valence-corrected chi connectivity index (χ1v) is 6.96. The van der Waals surface area contributed by atoms with Crippen LogP contribution >= 0.6 is 11.5 Å². The summed E-state index contributed by atoms with van der Waals surface area (Å²) in [5.74, 6) is 0.500. The lowest BCUT2D eigenvalue weighted by Crippen LogP contribution is -2.27. The minimum absolute atomic E-state index is 0.429. The summed E-state index contributed by atoms with van der Waals surface area (Å²) in [6, 6.07) is 7.24. The predicted molar refractivity (Wildman–Crippen MR) is 74.3 cm³/mol. The van der Waals surface area contributed by atoms with Gasteiger partial charge in [-0.25, -0.2) is 4.79 Å². The first-order chi connectivity index (χ1) is 9.29. The first kappa shape index (κ1) is 13.5. The van der Waals surface area contributed by atoms with E-state index in [1.165, 1.54) is 11.5 Å². The van der Waals surface area contributed by atoms with Gasteiger partial charge in [-0.2, -0.15) is 0 Å². The van der Waals surface area contributed by atoms with Gasteiger partial charge < -0.3 is 10.1 Å². The molecule has 1 aromatic heterocycles. The Balaban J connectivity index is 1.97. The van der Waals surface area contributed by atoms with Crippen LogP contribution in [0.25, 0.3) is 11.3 Å². The monoisotopic (exact) mass is 277 g/mol. The average molecular weight is 277 g/mol. The van der Waals surface area contributed by atoms with Crippen molar-refractivity contribution in [1.29, 1.82) is 0 Å². The molecule has 0 radical (unpaired) electrons. The van der Waals surface area contributed by atoms with Crippen LogP contribution in [0.3, 0.4) is 0 Å². The zero-order valence-electron chi connectivity index (χ0n) is 10.6. The van der Waals surface area contributed by atoms with Crippen LogP contribution in [0.4, 0.5) is 4.79 Å². The second kappa shape index (κ2) is 6.84. The Morgan fingerprint density at radius 3 is 3.11 bits per heavy atom. The Hall–Kier alpha value is -1.95. The van der Waals surface area contributed by atoms with Crippen molar-refractivity contribution < 1.29 is 9.53 Å². The van der Waals surface area contributed by atoms with E-state index >= 15 is 0 Å². The van der Waals surface area contributed by atoms with Crippen LogP contribution in [0, 0.1) is 0 Å². The standard InChI is InChI=1S/C13H15N3O2S/c1-2-3-7-14-13(17)18-11-6-4-5-10(8-11)12-9-19-16-15-12/h4-6,8-9H,2-3,7H2,1H3,(H,14,17). The quantitative estimate of drug-likeness (QED) is 0.853. The number of unbranched alkanes of at least 4 members (excludes halogenated alkanes) is 1. The van der Waals surface area contributed by atoms with E-state index in [0.717, 1.165) is 24.1 Å². The number of ether oxygens (including phenoxy) is 1. The molecule has 1 amide bonds. The third-order valence-electron chi connectivity index (χ3n) is 2.50. The van der Waals surface area contributed by atoms with Crippen LogP contribution < -0.4 is 10.1 Å². The van der Waals surface area contributed by atoms with Gasteiger partial charge in [-0.05, 0) is 30.1 Å². The number of hydrogen-bond acceptors (Lipinski definition) is 5. The number of carbonyl (C=O) groups excluding carboxylic acids is 1. The summed E-state index contributed by atoms with van der Waals surface area (Å²) < 4.78 is 9.02. The SMILES string of the molecule is CCCCNC(=O)Oc1cccc(-c2csnn2)c1. The number of rotatable bonds is 5. The van der Waals surface area contributed by atoms with E-state index in [4.69, 9.17) is 4.74 Å². The third kappa shape index (κ3) is 4.03. The first-order valence-electron chi connectivity index (χ1n) is 6.12. The molecule has 5 nitrogen and oxygen atoms in total. The van der Waals surface area contributed by atoms with Crippen molar-refractivity contribution in [1.82, 2.24) is 14.9 Å². The molecule has 0 aliphatic heterocycles. The molecule has 2 rings (SSSR count). The molecule has 0 atom stereocenters. The molecular formula is C13H15N3O2S. The second-order valence-electron chi connectivity index (χ2n) is 3.99. The molecule has 0 saturated carbocycles. The summed E-state index contributed by atoms with van der Waals surface area (Å²) in [6.07, 6.45) is 1.55. The number of aromatic nitrogens is 2. The van der Waals surface area contributed by atoms with Gasteiger partial charge in [0.15, 0.2) is 0 Å². The van der Waals surface area contributed by atoms with Crippen molar-refractivity contribution in [2.45, 2.75) is 19.8 Å². The summed E-state index contributed by atoms with van der Waals surface area (Å²) in [7, 11) is 0. The number of amides is 1. The number of benzene rings is 1. The van der Waals surface area contributed by atoms with Gasteiger partial charge in [0.25, 0.3) is 0 Å². The van der Waals surface area contributed by atoms with Gasteiger partial charge >= 0.3 is 6.09 Å². The number of nitrogens with zero attached hydrogens (tertiary/aromatic N) is 2. The average Bonchev–Trinajstić information content (AvgIpc) is 2.93. The molecule has 1 N–H and O–H groups in total. The van der Waals surface area contributed by atoms with Gasteiger partial charge in [0.05, 0.1) is 0 Å². The number of hydrogen-bond donors (Lipinski definition) is 1. The van der Waals surface area contributed by atoms with Crippen molar-refractivity contribution in [3.63, 3.8) is 0 Å². The van der Waals surface area contributed by atoms with Crippen LogP contribution in [0.1, 0.15) is 19.8 Å². The van der Waals surface area contributed by atoms with E-state index in [9.17, 15) is 4.79 Å². The van der Waals surface area contributed by atoms with E-state index < -0.39 is 6.09 Å². The number of carbonyl (C=O) groups is 1. The second-order valence-corrected chi connectivity index (χ2v) is 4.60. The van der Waals surface area contributed by atoms with Crippen LogP contribution in [-0.4, -0.2) is 22.2 Å². The maximum atomic E-state index is 11.5. The summed E-state index contributed by atoms with van der Waals surface area (Å²) in [5.41, 5.74) is 1.66. The Morgan fingerprint density at radius 2 is 2.37 bits per heavy atom. The highest BCUT2D eigenvalue weighted by Crippen LogP contribution is 2.22. The third-order valence-corrected chi connectivity index (χ3v) is 3.00. The highest BCUT2D eigenvalue weighted by molar-refractivity contribution is 7.03. The Bertz CT molecular complexity index is 528. The predicted octanol–water partition coefficient (Wildman–Crippen LogP) is 3.09. The van der Waals surface area contributed by atoms with Crippen molar-refractivity contribution in [2.75, 3.05) is 6.54 Å². The lowest BCUT2D eigenvalue weighted by Gasteiger charge is -2.06. The fourth-order valence-corrected chi connectivity index (χ4v) is 1.98. The zero-order chi connectivity index (χ0) is 13.5. The fourth-order valence-electron chi connectivity index (χ4n) is 1.52. The van der Waals surface area contributed by atoms with E-state index in [-0.39, 0.29) is 0 Å². The summed E-state index contributed by atoms with van der Waals surface area (Å²) in [4.78, 5) is 11.5. The molecule has 0 aliphatic carbocycles.